The maximum Gasteiger partial charge on any atom is 0.407 e. The molecule has 1 aromatic carbocycles. The summed E-state index contributed by atoms with van der Waals surface area (Å²) in [4.78, 5) is 39.4. The Labute approximate surface area is 211 Å². The molecule has 1 unspecified atom stereocenters. The van der Waals surface area contributed by atoms with Gasteiger partial charge in [-0.05, 0) is 71.4 Å². The molecule has 9 nitrogen and oxygen atoms in total. The molecule has 1 aliphatic heterocycles. The van der Waals surface area contributed by atoms with Crippen molar-refractivity contribution in [2.45, 2.75) is 84.0 Å². The number of fused-ring (bicyclic) bond motifs is 1. The standard InChI is InChI=1S/C27H37N3O6/c1-7-17-12-16(15(2)28-26(34)36-27(3,4)5)13-29(17)21-11-10-19-22(24(21)35-6)30(18-8-9-18)14-20(23(19)31)25(32)33/h10-11,14-18H,7-9,12-13H2,1-6H3,(H,28,34)(H,32,33)/t15-,16+,17?/m0/s1. The molecule has 2 aromatic rings. The van der Waals surface area contributed by atoms with Crippen LogP contribution in [0.1, 0.15) is 76.7 Å². The minimum Gasteiger partial charge on any atom is -0.492 e. The van der Waals surface area contributed by atoms with Crippen LogP contribution < -0.4 is 20.4 Å². The predicted octanol–water partition coefficient (Wildman–Crippen LogP) is 4.56. The van der Waals surface area contributed by atoms with Gasteiger partial charge in [0.15, 0.2) is 5.75 Å². The molecular formula is C27H37N3O6. The van der Waals surface area contributed by atoms with E-state index in [4.69, 9.17) is 9.47 Å². The highest BCUT2D eigenvalue weighted by molar-refractivity contribution is 5.97. The average Bonchev–Trinajstić information content (AvgIpc) is 3.54. The molecule has 4 rings (SSSR count). The third-order valence-corrected chi connectivity index (χ3v) is 7.18. The SMILES string of the molecule is CCC1C[C@@H]([C@H](C)NC(=O)OC(C)(C)C)CN1c1ccc2c(=O)c(C(=O)O)cn(C3CC3)c2c1OC. The second-order valence-corrected chi connectivity index (χ2v) is 11.0. The molecule has 2 N–H and O–H groups in total. The van der Waals surface area contributed by atoms with E-state index < -0.39 is 23.1 Å². The Morgan fingerprint density at radius 1 is 1.25 bits per heavy atom. The Balaban J connectivity index is 1.71. The van der Waals surface area contributed by atoms with Crippen LogP contribution >= 0.6 is 0 Å². The number of methoxy groups -OCH3 is 1. The lowest BCUT2D eigenvalue weighted by Crippen LogP contribution is -2.42. The highest BCUT2D eigenvalue weighted by Crippen LogP contribution is 2.44. The zero-order valence-corrected chi connectivity index (χ0v) is 22.0. The Kier molecular flexibility index (Phi) is 6.94. The van der Waals surface area contributed by atoms with E-state index in [9.17, 15) is 19.5 Å². The minimum absolute atomic E-state index is 0.0897. The smallest absolute Gasteiger partial charge is 0.407 e. The molecule has 1 amide bonds. The molecule has 9 heteroatoms. The van der Waals surface area contributed by atoms with Gasteiger partial charge in [0, 0.05) is 30.9 Å². The lowest BCUT2D eigenvalue weighted by Gasteiger charge is -2.29. The number of carbonyl (C=O) groups excluding carboxylic acids is 1. The number of hydrogen-bond acceptors (Lipinski definition) is 6. The summed E-state index contributed by atoms with van der Waals surface area (Å²) in [7, 11) is 1.59. The fourth-order valence-corrected chi connectivity index (χ4v) is 5.24. The number of nitrogens with zero attached hydrogens (tertiary/aromatic N) is 2. The number of pyridine rings is 1. The van der Waals surface area contributed by atoms with Crippen molar-refractivity contribution in [2.75, 3.05) is 18.6 Å². The molecular weight excluding hydrogens is 462 g/mol. The fraction of sp³-hybridized carbons (Fsp3) is 0.593. The molecule has 1 saturated carbocycles. The third-order valence-electron chi connectivity index (χ3n) is 7.18. The number of carboxylic acid groups (broad SMARTS) is 1. The summed E-state index contributed by atoms with van der Waals surface area (Å²) in [6, 6.07) is 3.88. The summed E-state index contributed by atoms with van der Waals surface area (Å²) >= 11 is 0. The Morgan fingerprint density at radius 2 is 1.94 bits per heavy atom. The molecule has 2 heterocycles. The molecule has 3 atom stereocenters. The van der Waals surface area contributed by atoms with Gasteiger partial charge >= 0.3 is 12.1 Å². The van der Waals surface area contributed by atoms with Crippen LogP contribution in [0.4, 0.5) is 10.5 Å². The van der Waals surface area contributed by atoms with Gasteiger partial charge in [-0.2, -0.15) is 0 Å². The largest absolute Gasteiger partial charge is 0.492 e. The monoisotopic (exact) mass is 499 g/mol. The minimum atomic E-state index is -1.22. The summed E-state index contributed by atoms with van der Waals surface area (Å²) in [6.45, 7) is 10.4. The van der Waals surface area contributed by atoms with Crippen LogP contribution in [0.15, 0.2) is 23.1 Å². The first kappa shape index (κ1) is 25.9. The van der Waals surface area contributed by atoms with Gasteiger partial charge in [-0.25, -0.2) is 9.59 Å². The van der Waals surface area contributed by atoms with E-state index in [0.717, 1.165) is 31.4 Å². The predicted molar refractivity (Wildman–Crippen MR) is 138 cm³/mol. The molecule has 2 aliphatic rings. The lowest BCUT2D eigenvalue weighted by atomic mass is 9.97. The van der Waals surface area contributed by atoms with Crippen molar-refractivity contribution >= 4 is 28.7 Å². The van der Waals surface area contributed by atoms with E-state index >= 15 is 0 Å². The number of carboxylic acids is 1. The number of benzene rings is 1. The Hall–Kier alpha value is -3.23. The van der Waals surface area contributed by atoms with Crippen LogP contribution in [-0.4, -0.2) is 53.1 Å². The number of nitrogens with one attached hydrogen (secondary N) is 1. The fourth-order valence-electron chi connectivity index (χ4n) is 5.24. The number of hydrogen-bond donors (Lipinski definition) is 2. The maximum atomic E-state index is 13.0. The van der Waals surface area contributed by atoms with E-state index in [-0.39, 0.29) is 29.6 Å². The number of aromatic nitrogens is 1. The van der Waals surface area contributed by atoms with Crippen LogP contribution in [0.2, 0.25) is 0 Å². The molecule has 0 radical (unpaired) electrons. The normalized spacial score (nSPS) is 20.9. The quantitative estimate of drug-likeness (QED) is 0.575. The van der Waals surface area contributed by atoms with Crippen LogP contribution in [0.5, 0.6) is 5.75 Å². The molecule has 36 heavy (non-hydrogen) atoms. The van der Waals surface area contributed by atoms with Crippen LogP contribution in [0.3, 0.4) is 0 Å². The summed E-state index contributed by atoms with van der Waals surface area (Å²) < 4.78 is 13.3. The van der Waals surface area contributed by atoms with Gasteiger partial charge in [0.1, 0.15) is 11.2 Å². The second kappa shape index (κ2) is 9.67. The summed E-state index contributed by atoms with van der Waals surface area (Å²) in [5, 5.41) is 12.9. The Morgan fingerprint density at radius 3 is 2.50 bits per heavy atom. The highest BCUT2D eigenvalue weighted by Gasteiger charge is 2.37. The van der Waals surface area contributed by atoms with E-state index in [1.165, 1.54) is 6.20 Å². The first-order valence-electron chi connectivity index (χ1n) is 12.7. The number of amides is 1. The number of ether oxygens (including phenoxy) is 2. The molecule has 1 aliphatic carbocycles. The summed E-state index contributed by atoms with van der Waals surface area (Å²) in [6.07, 6.45) is 4.70. The first-order valence-corrected chi connectivity index (χ1v) is 12.7. The van der Waals surface area contributed by atoms with Crippen molar-refractivity contribution < 1.29 is 24.2 Å². The van der Waals surface area contributed by atoms with Crippen LogP contribution in [-0.2, 0) is 4.74 Å². The van der Waals surface area contributed by atoms with E-state index in [0.29, 0.717) is 23.2 Å². The van der Waals surface area contributed by atoms with Crippen molar-refractivity contribution in [3.8, 4) is 5.75 Å². The molecule has 2 fully saturated rings. The van der Waals surface area contributed by atoms with Crippen molar-refractivity contribution in [3.63, 3.8) is 0 Å². The van der Waals surface area contributed by atoms with Gasteiger partial charge in [0.25, 0.3) is 0 Å². The van der Waals surface area contributed by atoms with Crippen molar-refractivity contribution in [1.82, 2.24) is 9.88 Å². The third kappa shape index (κ3) is 5.01. The van der Waals surface area contributed by atoms with E-state index in [1.807, 2.05) is 38.3 Å². The number of rotatable bonds is 7. The first-order chi connectivity index (χ1) is 16.9. The van der Waals surface area contributed by atoms with Gasteiger partial charge in [-0.3, -0.25) is 4.79 Å². The molecule has 1 aromatic heterocycles. The van der Waals surface area contributed by atoms with Gasteiger partial charge in [0.05, 0.1) is 23.7 Å². The van der Waals surface area contributed by atoms with Gasteiger partial charge in [-0.15, -0.1) is 0 Å². The maximum absolute atomic E-state index is 13.0. The van der Waals surface area contributed by atoms with Gasteiger partial charge in [-0.1, -0.05) is 6.92 Å². The number of aromatic carboxylic acids is 1. The van der Waals surface area contributed by atoms with Crippen LogP contribution in [0, 0.1) is 5.92 Å². The average molecular weight is 500 g/mol. The van der Waals surface area contributed by atoms with Gasteiger partial charge < -0.3 is 29.4 Å². The molecule has 0 bridgehead atoms. The topological polar surface area (TPSA) is 110 Å². The second-order valence-electron chi connectivity index (χ2n) is 11.0. The van der Waals surface area contributed by atoms with Crippen molar-refractivity contribution in [3.05, 3.63) is 34.1 Å². The number of alkyl carbamates (subject to hydrolysis) is 1. The summed E-state index contributed by atoms with van der Waals surface area (Å²) in [5.41, 5.74) is 0.236. The molecule has 0 spiro atoms. The van der Waals surface area contributed by atoms with Crippen molar-refractivity contribution in [2.24, 2.45) is 5.92 Å². The highest BCUT2D eigenvalue weighted by atomic mass is 16.6. The number of carbonyl (C=O) groups is 2. The van der Waals surface area contributed by atoms with Gasteiger partial charge in [0.2, 0.25) is 5.43 Å². The van der Waals surface area contributed by atoms with Crippen LogP contribution in [0.25, 0.3) is 10.9 Å². The zero-order chi connectivity index (χ0) is 26.4. The van der Waals surface area contributed by atoms with Crippen molar-refractivity contribution in [1.29, 1.82) is 0 Å². The number of anilines is 1. The molecule has 1 saturated heterocycles. The van der Waals surface area contributed by atoms with E-state index in [1.54, 1.807) is 13.2 Å². The zero-order valence-electron chi connectivity index (χ0n) is 22.0. The lowest BCUT2D eigenvalue weighted by molar-refractivity contribution is 0.0493. The molecule has 196 valence electrons. The van der Waals surface area contributed by atoms with E-state index in [2.05, 4.69) is 17.1 Å². The summed E-state index contributed by atoms with van der Waals surface area (Å²) in [5.74, 6) is -0.442. The Bertz CT molecular complexity index is 1230.